The highest BCUT2D eigenvalue weighted by atomic mass is 35.5. The largest absolute Gasteiger partial charge is 0.480 e. The number of aliphatic carboxylic acids is 1. The molecule has 4 N–H and O–H groups in total. The molecule has 1 amide bonds. The van der Waals surface area contributed by atoms with E-state index in [0.717, 1.165) is 22.3 Å². The molecule has 0 saturated carbocycles. The molecule has 0 saturated heterocycles. The zero-order valence-electron chi connectivity index (χ0n) is 14.1. The second-order valence-electron chi connectivity index (χ2n) is 5.94. The van der Waals surface area contributed by atoms with Gasteiger partial charge in [0.2, 0.25) is 0 Å². The van der Waals surface area contributed by atoms with Gasteiger partial charge < -0.3 is 20.9 Å². The molecular formula is C19H21ClN2O4. The van der Waals surface area contributed by atoms with Crippen LogP contribution >= 0.6 is 12.4 Å². The smallest absolute Gasteiger partial charge is 0.407 e. The summed E-state index contributed by atoms with van der Waals surface area (Å²) < 4.78 is 5.31. The van der Waals surface area contributed by atoms with Crippen LogP contribution in [0, 0.1) is 0 Å². The van der Waals surface area contributed by atoms with E-state index < -0.39 is 18.1 Å². The summed E-state index contributed by atoms with van der Waals surface area (Å²) in [5, 5.41) is 11.4. The molecule has 0 heterocycles. The number of nitrogens with one attached hydrogen (secondary N) is 1. The van der Waals surface area contributed by atoms with Crippen LogP contribution in [0.25, 0.3) is 11.1 Å². The van der Waals surface area contributed by atoms with Gasteiger partial charge in [-0.3, -0.25) is 0 Å². The van der Waals surface area contributed by atoms with Crippen LogP contribution in [0.5, 0.6) is 0 Å². The number of hydrogen-bond donors (Lipinski definition) is 3. The molecular weight excluding hydrogens is 356 g/mol. The van der Waals surface area contributed by atoms with Crippen molar-refractivity contribution in [3.05, 3.63) is 59.7 Å². The van der Waals surface area contributed by atoms with Crippen LogP contribution in [0.2, 0.25) is 0 Å². The van der Waals surface area contributed by atoms with Gasteiger partial charge in [-0.25, -0.2) is 9.59 Å². The number of carboxylic acids is 1. The second-order valence-corrected chi connectivity index (χ2v) is 5.94. The van der Waals surface area contributed by atoms with Crippen molar-refractivity contribution in [1.29, 1.82) is 0 Å². The molecule has 0 spiro atoms. The minimum atomic E-state index is -1.13. The summed E-state index contributed by atoms with van der Waals surface area (Å²) in [4.78, 5) is 23.1. The zero-order chi connectivity index (χ0) is 17.8. The predicted molar refractivity (Wildman–Crippen MR) is 101 cm³/mol. The normalized spacial score (nSPS) is 13.1. The Morgan fingerprint density at radius 1 is 1.08 bits per heavy atom. The van der Waals surface area contributed by atoms with E-state index in [9.17, 15) is 9.59 Å². The first-order chi connectivity index (χ1) is 12.1. The highest BCUT2D eigenvalue weighted by molar-refractivity contribution is 5.85. The fraction of sp³-hybridized carbons (Fsp3) is 0.263. The Morgan fingerprint density at radius 3 is 2.12 bits per heavy atom. The molecule has 0 aromatic heterocycles. The number of alkyl carbamates (subject to hydrolysis) is 1. The zero-order valence-corrected chi connectivity index (χ0v) is 14.9. The molecule has 138 valence electrons. The first-order valence-electron chi connectivity index (χ1n) is 8.16. The SMILES string of the molecule is Cl.NCC[C@@H](NC(=O)OCC1c2ccccc2-c2ccccc21)C(=O)O. The van der Waals surface area contributed by atoms with Crippen molar-refractivity contribution in [1.82, 2.24) is 5.32 Å². The van der Waals surface area contributed by atoms with Gasteiger partial charge >= 0.3 is 12.1 Å². The minimum absolute atomic E-state index is 0. The van der Waals surface area contributed by atoms with Gasteiger partial charge in [0.1, 0.15) is 12.6 Å². The van der Waals surface area contributed by atoms with Crippen LogP contribution in [0.3, 0.4) is 0 Å². The van der Waals surface area contributed by atoms with E-state index in [2.05, 4.69) is 17.4 Å². The maximum atomic E-state index is 12.0. The molecule has 3 rings (SSSR count). The summed E-state index contributed by atoms with van der Waals surface area (Å²) in [6.45, 7) is 0.315. The number of hydrogen-bond acceptors (Lipinski definition) is 4. The lowest BCUT2D eigenvalue weighted by molar-refractivity contribution is -0.139. The number of rotatable bonds is 6. The van der Waals surface area contributed by atoms with Gasteiger partial charge in [0, 0.05) is 5.92 Å². The Kier molecular flexibility index (Phi) is 6.60. The van der Waals surface area contributed by atoms with Crippen LogP contribution in [-0.4, -0.2) is 36.4 Å². The van der Waals surface area contributed by atoms with E-state index >= 15 is 0 Å². The van der Waals surface area contributed by atoms with Crippen LogP contribution < -0.4 is 11.1 Å². The number of halogens is 1. The Morgan fingerprint density at radius 2 is 1.62 bits per heavy atom. The number of amides is 1. The van der Waals surface area contributed by atoms with Crippen molar-refractivity contribution in [3.63, 3.8) is 0 Å². The summed E-state index contributed by atoms with van der Waals surface area (Å²) in [6.07, 6.45) is -0.595. The Labute approximate surface area is 157 Å². The third-order valence-electron chi connectivity index (χ3n) is 4.39. The van der Waals surface area contributed by atoms with Crippen LogP contribution in [0.1, 0.15) is 23.5 Å². The van der Waals surface area contributed by atoms with E-state index in [0.29, 0.717) is 0 Å². The average Bonchev–Trinajstić information content (AvgIpc) is 2.93. The summed E-state index contributed by atoms with van der Waals surface area (Å²) >= 11 is 0. The number of fused-ring (bicyclic) bond motifs is 3. The Balaban J connectivity index is 0.00000243. The van der Waals surface area contributed by atoms with Gasteiger partial charge in [-0.05, 0) is 35.2 Å². The van der Waals surface area contributed by atoms with Crippen molar-refractivity contribution in [3.8, 4) is 11.1 Å². The summed E-state index contributed by atoms with van der Waals surface area (Å²) in [5.41, 5.74) is 9.85. The Bertz CT molecular complexity index is 751. The molecule has 1 atom stereocenters. The molecule has 6 nitrogen and oxygen atoms in total. The first-order valence-corrected chi connectivity index (χ1v) is 8.16. The second kappa shape index (κ2) is 8.69. The molecule has 26 heavy (non-hydrogen) atoms. The van der Waals surface area contributed by atoms with Crippen LogP contribution in [-0.2, 0) is 9.53 Å². The monoisotopic (exact) mass is 376 g/mol. The summed E-state index contributed by atoms with van der Waals surface area (Å²) in [7, 11) is 0. The molecule has 2 aromatic rings. The van der Waals surface area contributed by atoms with Gasteiger partial charge in [-0.15, -0.1) is 12.4 Å². The van der Waals surface area contributed by atoms with E-state index in [1.165, 1.54) is 0 Å². The third kappa shape index (κ3) is 3.98. The lowest BCUT2D eigenvalue weighted by atomic mass is 9.98. The van der Waals surface area contributed by atoms with Gasteiger partial charge in [0.05, 0.1) is 0 Å². The number of carbonyl (C=O) groups is 2. The fourth-order valence-electron chi connectivity index (χ4n) is 3.21. The van der Waals surface area contributed by atoms with Crippen molar-refractivity contribution in [2.24, 2.45) is 5.73 Å². The molecule has 2 aromatic carbocycles. The molecule has 0 radical (unpaired) electrons. The quantitative estimate of drug-likeness (QED) is 0.719. The lowest BCUT2D eigenvalue weighted by Crippen LogP contribution is -2.42. The molecule has 0 unspecified atom stereocenters. The van der Waals surface area contributed by atoms with E-state index in [1.807, 2.05) is 36.4 Å². The topological polar surface area (TPSA) is 102 Å². The van der Waals surface area contributed by atoms with Gasteiger partial charge in [-0.1, -0.05) is 48.5 Å². The van der Waals surface area contributed by atoms with Crippen LogP contribution in [0.15, 0.2) is 48.5 Å². The highest BCUT2D eigenvalue weighted by Gasteiger charge is 2.29. The van der Waals surface area contributed by atoms with E-state index in [-0.39, 0.29) is 37.9 Å². The number of carbonyl (C=O) groups excluding carboxylic acids is 1. The number of ether oxygens (including phenoxy) is 1. The van der Waals surface area contributed by atoms with Crippen molar-refractivity contribution in [2.45, 2.75) is 18.4 Å². The van der Waals surface area contributed by atoms with Gasteiger partial charge in [0.25, 0.3) is 0 Å². The molecule has 0 fully saturated rings. The summed E-state index contributed by atoms with van der Waals surface area (Å²) in [5.74, 6) is -1.19. The summed E-state index contributed by atoms with van der Waals surface area (Å²) in [6, 6.07) is 15.0. The predicted octanol–water partition coefficient (Wildman–Crippen LogP) is 2.75. The highest BCUT2D eigenvalue weighted by Crippen LogP contribution is 2.44. The van der Waals surface area contributed by atoms with Crippen molar-refractivity contribution in [2.75, 3.05) is 13.2 Å². The van der Waals surface area contributed by atoms with Gasteiger partial charge in [-0.2, -0.15) is 0 Å². The Hall–Kier alpha value is -2.57. The fourth-order valence-corrected chi connectivity index (χ4v) is 3.21. The first kappa shape index (κ1) is 19.8. The third-order valence-corrected chi connectivity index (χ3v) is 4.39. The molecule has 1 aliphatic rings. The van der Waals surface area contributed by atoms with Crippen molar-refractivity contribution < 1.29 is 19.4 Å². The average molecular weight is 377 g/mol. The maximum absolute atomic E-state index is 12.0. The lowest BCUT2D eigenvalue weighted by Gasteiger charge is -2.17. The minimum Gasteiger partial charge on any atom is -0.480 e. The molecule has 0 bridgehead atoms. The molecule has 1 aliphatic carbocycles. The van der Waals surface area contributed by atoms with Crippen molar-refractivity contribution >= 4 is 24.5 Å². The number of benzene rings is 2. The standard InChI is InChI=1S/C19H20N2O4.ClH/c20-10-9-17(18(22)23)21-19(24)25-11-16-14-7-3-1-5-12(14)13-6-2-4-8-15(13)16;/h1-8,16-17H,9-11,20H2,(H,21,24)(H,22,23);1H/t17-;/m1./s1. The van der Waals surface area contributed by atoms with Gasteiger partial charge in [0.15, 0.2) is 0 Å². The maximum Gasteiger partial charge on any atom is 0.407 e. The molecule has 0 aliphatic heterocycles. The van der Waals surface area contributed by atoms with E-state index in [4.69, 9.17) is 15.6 Å². The number of nitrogens with two attached hydrogens (primary N) is 1. The van der Waals surface area contributed by atoms with E-state index in [1.54, 1.807) is 0 Å². The van der Waals surface area contributed by atoms with Crippen LogP contribution in [0.4, 0.5) is 4.79 Å². The molecule has 7 heteroatoms. The number of carboxylic acid groups (broad SMARTS) is 1.